The number of aromatic nitrogens is 1. The zero-order valence-electron chi connectivity index (χ0n) is 13.3. The molecule has 9 heteroatoms. The average Bonchev–Trinajstić information content (AvgIpc) is 2.58. The summed E-state index contributed by atoms with van der Waals surface area (Å²) in [6, 6.07) is 8.57. The van der Waals surface area contributed by atoms with Gasteiger partial charge in [0.1, 0.15) is 5.82 Å². The van der Waals surface area contributed by atoms with Crippen molar-refractivity contribution >= 4 is 22.5 Å². The third kappa shape index (κ3) is 5.56. The Bertz CT molecular complexity index is 747. The summed E-state index contributed by atoms with van der Waals surface area (Å²) in [5.41, 5.74) is -0.385. The maximum absolute atomic E-state index is 12.4. The van der Waals surface area contributed by atoms with Crippen LogP contribution in [-0.4, -0.2) is 34.4 Å². The molecule has 0 fully saturated rings. The maximum atomic E-state index is 12.4. The van der Waals surface area contributed by atoms with Gasteiger partial charge in [-0.2, -0.15) is 13.2 Å². The molecule has 0 radical (unpaired) electrons. The van der Waals surface area contributed by atoms with Crippen molar-refractivity contribution < 1.29 is 22.2 Å². The Kier molecular flexibility index (Phi) is 6.13. The van der Waals surface area contributed by atoms with Gasteiger partial charge in [-0.3, -0.25) is 9.00 Å². The first-order chi connectivity index (χ1) is 11.8. The molecule has 2 aromatic rings. The highest BCUT2D eigenvalue weighted by molar-refractivity contribution is 7.84. The normalized spacial score (nSPS) is 12.5. The molecule has 0 aliphatic rings. The third-order valence-electron chi connectivity index (χ3n) is 3.26. The van der Waals surface area contributed by atoms with Crippen molar-refractivity contribution in [2.75, 3.05) is 24.7 Å². The number of carbonyl (C=O) groups is 1. The van der Waals surface area contributed by atoms with E-state index in [0.717, 1.165) is 12.3 Å². The standard InChI is InChI=1S/C16H16F3N3O2S/c1-25(24)13-5-2-11(3-6-13)15(23)21-9-8-20-14-7-4-12(10-22-14)16(17,18)19/h2-7,10H,8-9H2,1H3,(H,20,22)(H,21,23). The molecule has 1 heterocycles. The number of amides is 1. The average molecular weight is 371 g/mol. The van der Waals surface area contributed by atoms with E-state index in [0.29, 0.717) is 17.0 Å². The monoisotopic (exact) mass is 371 g/mol. The molecule has 1 atom stereocenters. The molecular weight excluding hydrogens is 355 g/mol. The van der Waals surface area contributed by atoms with E-state index < -0.39 is 22.5 Å². The van der Waals surface area contributed by atoms with E-state index in [9.17, 15) is 22.2 Å². The van der Waals surface area contributed by atoms with Gasteiger partial charge in [-0.25, -0.2) is 4.98 Å². The molecule has 0 saturated heterocycles. The SMILES string of the molecule is CS(=O)c1ccc(C(=O)NCCNc2ccc(C(F)(F)F)cn2)cc1. The Hall–Kier alpha value is -2.42. The molecule has 0 aliphatic carbocycles. The Morgan fingerprint density at radius 1 is 1.12 bits per heavy atom. The molecule has 1 aromatic carbocycles. The molecule has 1 amide bonds. The van der Waals surface area contributed by atoms with Crippen molar-refractivity contribution in [3.63, 3.8) is 0 Å². The first-order valence-electron chi connectivity index (χ1n) is 7.26. The highest BCUT2D eigenvalue weighted by atomic mass is 32.2. The van der Waals surface area contributed by atoms with Crippen LogP contribution in [-0.2, 0) is 17.0 Å². The van der Waals surface area contributed by atoms with Crippen molar-refractivity contribution in [3.05, 3.63) is 53.7 Å². The van der Waals surface area contributed by atoms with Crippen molar-refractivity contribution in [1.29, 1.82) is 0 Å². The lowest BCUT2D eigenvalue weighted by Gasteiger charge is -2.09. The second-order valence-electron chi connectivity index (χ2n) is 5.09. The summed E-state index contributed by atoms with van der Waals surface area (Å²) in [7, 11) is -1.10. The zero-order valence-corrected chi connectivity index (χ0v) is 14.1. The predicted molar refractivity (Wildman–Crippen MR) is 88.8 cm³/mol. The first-order valence-corrected chi connectivity index (χ1v) is 8.82. The van der Waals surface area contributed by atoms with Crippen LogP contribution in [0.4, 0.5) is 19.0 Å². The lowest BCUT2D eigenvalue weighted by atomic mass is 10.2. The summed E-state index contributed by atoms with van der Waals surface area (Å²) in [5, 5.41) is 5.49. The Morgan fingerprint density at radius 3 is 2.32 bits per heavy atom. The van der Waals surface area contributed by atoms with Crippen LogP contribution in [0.3, 0.4) is 0 Å². The number of nitrogens with zero attached hydrogens (tertiary/aromatic N) is 1. The number of rotatable bonds is 6. The number of anilines is 1. The Morgan fingerprint density at radius 2 is 1.80 bits per heavy atom. The number of alkyl halides is 3. The van der Waals surface area contributed by atoms with Gasteiger partial charge in [-0.1, -0.05) is 0 Å². The van der Waals surface area contributed by atoms with Crippen LogP contribution in [0.25, 0.3) is 0 Å². The number of pyridine rings is 1. The maximum Gasteiger partial charge on any atom is 0.417 e. The van der Waals surface area contributed by atoms with Crippen molar-refractivity contribution in [2.24, 2.45) is 0 Å². The van der Waals surface area contributed by atoms with Crippen LogP contribution >= 0.6 is 0 Å². The molecule has 1 aromatic heterocycles. The molecule has 0 spiro atoms. The Balaban J connectivity index is 1.78. The Labute approximate surface area is 145 Å². The van der Waals surface area contributed by atoms with E-state index in [2.05, 4.69) is 15.6 Å². The molecule has 0 aliphatic heterocycles. The molecule has 2 N–H and O–H groups in total. The molecule has 2 rings (SSSR count). The fraction of sp³-hybridized carbons (Fsp3) is 0.250. The molecule has 0 bridgehead atoms. The molecule has 134 valence electrons. The van der Waals surface area contributed by atoms with Gasteiger partial charge < -0.3 is 10.6 Å². The highest BCUT2D eigenvalue weighted by Gasteiger charge is 2.30. The van der Waals surface area contributed by atoms with Crippen LogP contribution in [0.2, 0.25) is 0 Å². The number of carbonyl (C=O) groups excluding carboxylic acids is 1. The number of hydrogen-bond acceptors (Lipinski definition) is 4. The summed E-state index contributed by atoms with van der Waals surface area (Å²) < 4.78 is 48.5. The lowest BCUT2D eigenvalue weighted by molar-refractivity contribution is -0.137. The summed E-state index contributed by atoms with van der Waals surface area (Å²) >= 11 is 0. The minimum atomic E-state index is -4.42. The smallest absolute Gasteiger partial charge is 0.368 e. The van der Waals surface area contributed by atoms with E-state index in [1.54, 1.807) is 30.5 Å². The van der Waals surface area contributed by atoms with Gasteiger partial charge >= 0.3 is 6.18 Å². The molecular formula is C16H16F3N3O2S. The van der Waals surface area contributed by atoms with Crippen LogP contribution in [0, 0.1) is 0 Å². The fourth-order valence-electron chi connectivity index (χ4n) is 1.93. The topological polar surface area (TPSA) is 71.1 Å². The number of nitrogens with one attached hydrogen (secondary N) is 2. The van der Waals surface area contributed by atoms with Crippen LogP contribution in [0.1, 0.15) is 15.9 Å². The highest BCUT2D eigenvalue weighted by Crippen LogP contribution is 2.28. The summed E-state index contributed by atoms with van der Waals surface area (Å²) in [6.45, 7) is 0.574. The summed E-state index contributed by atoms with van der Waals surface area (Å²) in [5.74, 6) is -0.00681. The molecule has 25 heavy (non-hydrogen) atoms. The fourth-order valence-corrected chi connectivity index (χ4v) is 2.45. The largest absolute Gasteiger partial charge is 0.417 e. The number of benzene rings is 1. The van der Waals surface area contributed by atoms with Gasteiger partial charge in [-0.05, 0) is 36.4 Å². The second-order valence-corrected chi connectivity index (χ2v) is 6.47. The first kappa shape index (κ1) is 18.9. The number of halogens is 3. The van der Waals surface area contributed by atoms with E-state index in [4.69, 9.17) is 0 Å². The van der Waals surface area contributed by atoms with Gasteiger partial charge in [0.25, 0.3) is 5.91 Å². The molecule has 0 saturated carbocycles. The quantitative estimate of drug-likeness (QED) is 0.766. The van der Waals surface area contributed by atoms with Crippen molar-refractivity contribution in [3.8, 4) is 0 Å². The third-order valence-corrected chi connectivity index (χ3v) is 4.19. The van der Waals surface area contributed by atoms with Gasteiger partial charge in [0, 0.05) is 46.8 Å². The van der Waals surface area contributed by atoms with E-state index >= 15 is 0 Å². The number of hydrogen-bond donors (Lipinski definition) is 2. The second kappa shape index (κ2) is 8.11. The van der Waals surface area contributed by atoms with Crippen molar-refractivity contribution in [1.82, 2.24) is 10.3 Å². The van der Waals surface area contributed by atoms with E-state index in [-0.39, 0.29) is 18.3 Å². The van der Waals surface area contributed by atoms with E-state index in [1.165, 1.54) is 6.07 Å². The summed E-state index contributed by atoms with van der Waals surface area (Å²) in [6.07, 6.45) is -2.12. The van der Waals surface area contributed by atoms with Crippen LogP contribution < -0.4 is 10.6 Å². The molecule has 1 unspecified atom stereocenters. The van der Waals surface area contributed by atoms with Crippen LogP contribution in [0.15, 0.2) is 47.5 Å². The van der Waals surface area contributed by atoms with Gasteiger partial charge in [0.2, 0.25) is 0 Å². The minimum absolute atomic E-state index is 0.267. The van der Waals surface area contributed by atoms with Gasteiger partial charge in [-0.15, -0.1) is 0 Å². The van der Waals surface area contributed by atoms with E-state index in [1.807, 2.05) is 0 Å². The predicted octanol–water partition coefficient (Wildman–Crippen LogP) is 2.68. The summed E-state index contributed by atoms with van der Waals surface area (Å²) in [4.78, 5) is 16.2. The molecule has 5 nitrogen and oxygen atoms in total. The zero-order chi connectivity index (χ0) is 18.4. The minimum Gasteiger partial charge on any atom is -0.368 e. The van der Waals surface area contributed by atoms with Gasteiger partial charge in [0.05, 0.1) is 5.56 Å². The lowest BCUT2D eigenvalue weighted by Crippen LogP contribution is -2.28. The van der Waals surface area contributed by atoms with Gasteiger partial charge in [0.15, 0.2) is 0 Å². The van der Waals surface area contributed by atoms with Crippen molar-refractivity contribution in [2.45, 2.75) is 11.1 Å². The van der Waals surface area contributed by atoms with Crippen LogP contribution in [0.5, 0.6) is 0 Å².